The first-order valence-corrected chi connectivity index (χ1v) is 13.2. The Bertz CT molecular complexity index is 829. The summed E-state index contributed by atoms with van der Waals surface area (Å²) in [5.41, 5.74) is 0.917. The number of hydrogen-bond donors (Lipinski definition) is 0. The maximum absolute atomic E-state index is 13.6. The summed E-state index contributed by atoms with van der Waals surface area (Å²) >= 11 is 12.3. The van der Waals surface area contributed by atoms with Gasteiger partial charge in [0.2, 0.25) is 5.91 Å². The molecule has 0 radical (unpaired) electrons. The summed E-state index contributed by atoms with van der Waals surface area (Å²) in [6.07, 6.45) is 5.08. The van der Waals surface area contributed by atoms with Crippen molar-refractivity contribution >= 4 is 29.1 Å². The molecule has 4 aliphatic rings. The number of fused-ring (bicyclic) bond motifs is 1. The van der Waals surface area contributed by atoms with E-state index in [2.05, 4.69) is 14.7 Å². The number of ether oxygens (including phenoxy) is 2. The average molecular weight is 496 g/mol. The summed E-state index contributed by atoms with van der Waals surface area (Å²) in [6, 6.07) is 6.19. The number of nitrogens with zero attached hydrogens (tertiary/aromatic N) is 3. The lowest BCUT2D eigenvalue weighted by molar-refractivity contribution is -0.153. The summed E-state index contributed by atoms with van der Waals surface area (Å²) in [5.74, 6) is 0.852. The van der Waals surface area contributed by atoms with E-state index in [0.717, 1.165) is 64.3 Å². The van der Waals surface area contributed by atoms with Gasteiger partial charge in [0, 0.05) is 32.8 Å². The molecule has 8 heteroatoms. The summed E-state index contributed by atoms with van der Waals surface area (Å²) in [6.45, 7) is 8.11. The van der Waals surface area contributed by atoms with Crippen LogP contribution in [0.5, 0.6) is 0 Å². The molecule has 0 aromatic heterocycles. The van der Waals surface area contributed by atoms with Crippen LogP contribution in [0.1, 0.15) is 31.2 Å². The number of likely N-dealkylation sites (tertiary alicyclic amines) is 1. The van der Waals surface area contributed by atoms with Crippen LogP contribution < -0.4 is 0 Å². The number of rotatable bonds is 5. The van der Waals surface area contributed by atoms with E-state index in [1.54, 1.807) is 6.07 Å². The van der Waals surface area contributed by atoms with Gasteiger partial charge in [-0.3, -0.25) is 14.6 Å². The van der Waals surface area contributed by atoms with Gasteiger partial charge >= 0.3 is 0 Å². The van der Waals surface area contributed by atoms with Gasteiger partial charge in [-0.2, -0.15) is 0 Å². The Hall–Kier alpha value is -0.890. The first-order valence-electron chi connectivity index (χ1n) is 12.5. The highest BCUT2D eigenvalue weighted by Crippen LogP contribution is 2.32. The van der Waals surface area contributed by atoms with Crippen LogP contribution in [-0.4, -0.2) is 97.9 Å². The summed E-state index contributed by atoms with van der Waals surface area (Å²) in [7, 11) is 0. The number of hydrogen-bond acceptors (Lipinski definition) is 5. The molecule has 3 atom stereocenters. The van der Waals surface area contributed by atoms with E-state index in [1.807, 2.05) is 12.1 Å². The minimum atomic E-state index is 0.167. The zero-order chi connectivity index (χ0) is 22.8. The molecule has 1 unspecified atom stereocenters. The van der Waals surface area contributed by atoms with Gasteiger partial charge in [-0.15, -0.1) is 0 Å². The van der Waals surface area contributed by atoms with Crippen molar-refractivity contribution in [1.82, 2.24) is 14.7 Å². The van der Waals surface area contributed by atoms with Crippen LogP contribution in [0.15, 0.2) is 18.2 Å². The van der Waals surface area contributed by atoms with Crippen LogP contribution in [-0.2, 0) is 20.7 Å². The maximum Gasteiger partial charge on any atom is 0.227 e. The van der Waals surface area contributed by atoms with Gasteiger partial charge in [-0.25, -0.2) is 0 Å². The highest BCUT2D eigenvalue weighted by Gasteiger charge is 2.48. The van der Waals surface area contributed by atoms with Gasteiger partial charge in [0.05, 0.1) is 47.8 Å². The fraction of sp³-hybridized carbons (Fsp3) is 0.720. The van der Waals surface area contributed by atoms with Crippen LogP contribution in [0, 0.1) is 5.92 Å². The van der Waals surface area contributed by atoms with Crippen molar-refractivity contribution in [2.75, 3.05) is 59.2 Å². The predicted octanol–water partition coefficient (Wildman–Crippen LogP) is 3.34. The van der Waals surface area contributed by atoms with Crippen LogP contribution in [0.4, 0.5) is 0 Å². The van der Waals surface area contributed by atoms with Gasteiger partial charge in [0.25, 0.3) is 0 Å². The molecule has 0 N–H and O–H groups in total. The van der Waals surface area contributed by atoms with E-state index in [1.165, 1.54) is 12.8 Å². The first kappa shape index (κ1) is 23.8. The second-order valence-corrected chi connectivity index (χ2v) is 10.8. The molecular formula is C25H35Cl2N3O3. The van der Waals surface area contributed by atoms with E-state index >= 15 is 0 Å². The summed E-state index contributed by atoms with van der Waals surface area (Å²) < 4.78 is 11.8. The second-order valence-electron chi connectivity index (χ2n) is 9.97. The van der Waals surface area contributed by atoms with Gasteiger partial charge < -0.3 is 14.4 Å². The Morgan fingerprint density at radius 1 is 0.939 bits per heavy atom. The van der Waals surface area contributed by atoms with E-state index in [4.69, 9.17) is 32.7 Å². The average Bonchev–Trinajstić information content (AvgIpc) is 3.37. The zero-order valence-corrected chi connectivity index (χ0v) is 20.8. The van der Waals surface area contributed by atoms with E-state index in [9.17, 15) is 4.79 Å². The Morgan fingerprint density at radius 2 is 1.70 bits per heavy atom. The smallest absolute Gasteiger partial charge is 0.227 e. The monoisotopic (exact) mass is 495 g/mol. The fourth-order valence-electron chi connectivity index (χ4n) is 6.15. The predicted molar refractivity (Wildman–Crippen MR) is 130 cm³/mol. The van der Waals surface area contributed by atoms with Crippen molar-refractivity contribution < 1.29 is 14.3 Å². The Morgan fingerprint density at radius 3 is 2.45 bits per heavy atom. The number of amides is 1. The standard InChI is InChI=1S/C25H35Cl2N3O3/c26-20-4-3-19(13-21(20)27)14-24(31)30-10-9-29(15-18-5-11-32-12-6-18)23-17-33-16-22(25(23)30)28-7-1-2-8-28/h3-4,13,18,22-23,25H,1-2,5-12,14-17H2/t22?,23-,25-/m1/s1. The topological polar surface area (TPSA) is 45.3 Å². The molecule has 33 heavy (non-hydrogen) atoms. The quantitative estimate of drug-likeness (QED) is 0.626. The van der Waals surface area contributed by atoms with Crippen LogP contribution in [0.2, 0.25) is 10.0 Å². The largest absolute Gasteiger partial charge is 0.381 e. The Labute approximate surface area is 207 Å². The molecule has 0 aliphatic carbocycles. The van der Waals surface area contributed by atoms with E-state index in [0.29, 0.717) is 35.6 Å². The lowest BCUT2D eigenvalue weighted by Gasteiger charge is -2.55. The van der Waals surface area contributed by atoms with Crippen molar-refractivity contribution in [3.63, 3.8) is 0 Å². The maximum atomic E-state index is 13.6. The van der Waals surface area contributed by atoms with E-state index < -0.39 is 0 Å². The first-order chi connectivity index (χ1) is 16.1. The molecule has 0 spiro atoms. The van der Waals surface area contributed by atoms with Crippen LogP contribution >= 0.6 is 23.2 Å². The van der Waals surface area contributed by atoms with Crippen molar-refractivity contribution in [3.05, 3.63) is 33.8 Å². The molecular weight excluding hydrogens is 461 g/mol. The molecule has 4 saturated heterocycles. The van der Waals surface area contributed by atoms with Crippen molar-refractivity contribution in [3.8, 4) is 0 Å². The highest BCUT2D eigenvalue weighted by atomic mass is 35.5. The number of piperazine rings is 1. The van der Waals surface area contributed by atoms with E-state index in [-0.39, 0.29) is 24.0 Å². The third kappa shape index (κ3) is 5.36. The van der Waals surface area contributed by atoms with Crippen molar-refractivity contribution in [2.24, 2.45) is 5.92 Å². The van der Waals surface area contributed by atoms with Crippen molar-refractivity contribution in [2.45, 2.75) is 50.2 Å². The Kier molecular flexibility index (Phi) is 7.80. The van der Waals surface area contributed by atoms with Gasteiger partial charge in [-0.05, 0) is 62.4 Å². The van der Waals surface area contributed by atoms with Gasteiger partial charge in [0.1, 0.15) is 0 Å². The number of carbonyl (C=O) groups excluding carboxylic acids is 1. The molecule has 6 nitrogen and oxygen atoms in total. The number of carbonyl (C=O) groups is 1. The highest BCUT2D eigenvalue weighted by molar-refractivity contribution is 6.42. The molecule has 1 aromatic rings. The third-order valence-corrected chi connectivity index (χ3v) is 8.66. The summed E-state index contributed by atoms with van der Waals surface area (Å²) in [5, 5.41) is 1.02. The molecule has 0 bridgehead atoms. The second kappa shape index (κ2) is 10.8. The molecule has 0 saturated carbocycles. The van der Waals surface area contributed by atoms with Crippen molar-refractivity contribution in [1.29, 1.82) is 0 Å². The number of halogens is 2. The lowest BCUT2D eigenvalue weighted by atomic mass is 9.89. The Balaban J connectivity index is 1.36. The minimum absolute atomic E-state index is 0.167. The van der Waals surface area contributed by atoms with Gasteiger partial charge in [-0.1, -0.05) is 29.3 Å². The minimum Gasteiger partial charge on any atom is -0.381 e. The molecule has 4 heterocycles. The molecule has 4 fully saturated rings. The summed E-state index contributed by atoms with van der Waals surface area (Å²) in [4.78, 5) is 21.0. The van der Waals surface area contributed by atoms with Gasteiger partial charge in [0.15, 0.2) is 0 Å². The molecule has 1 aromatic carbocycles. The zero-order valence-electron chi connectivity index (χ0n) is 19.3. The lowest BCUT2D eigenvalue weighted by Crippen LogP contribution is -2.71. The van der Waals surface area contributed by atoms with Crippen LogP contribution in [0.3, 0.4) is 0 Å². The molecule has 4 aliphatic heterocycles. The third-order valence-electron chi connectivity index (χ3n) is 7.93. The van der Waals surface area contributed by atoms with Crippen LogP contribution in [0.25, 0.3) is 0 Å². The number of benzene rings is 1. The molecule has 182 valence electrons. The molecule has 5 rings (SSSR count). The molecule has 1 amide bonds. The normalized spacial score (nSPS) is 29.9. The SMILES string of the molecule is O=C(Cc1ccc(Cl)c(Cl)c1)N1CCN(CC2CCOCC2)[C@@H]2COCC(N3CCCC3)[C@H]21. The fourth-order valence-corrected chi connectivity index (χ4v) is 6.47.